The second-order valence-corrected chi connectivity index (χ2v) is 8.29. The highest BCUT2D eigenvalue weighted by molar-refractivity contribution is 6.42. The fraction of sp³-hybridized carbons (Fsp3) is 0.227. The molecule has 2 heterocycles. The Morgan fingerprint density at radius 2 is 1.94 bits per heavy atom. The Kier molecular flexibility index (Phi) is 8.21. The van der Waals surface area contributed by atoms with E-state index in [1.807, 2.05) is 0 Å². The van der Waals surface area contributed by atoms with Crippen molar-refractivity contribution in [3.05, 3.63) is 68.3 Å². The molecule has 0 unspecified atom stereocenters. The van der Waals surface area contributed by atoms with E-state index in [0.717, 1.165) is 16.8 Å². The van der Waals surface area contributed by atoms with E-state index in [0.29, 0.717) is 0 Å². The molecule has 0 bridgehead atoms. The number of rotatable bonds is 9. The summed E-state index contributed by atoms with van der Waals surface area (Å²) < 4.78 is 38.3. The lowest BCUT2D eigenvalue weighted by Crippen LogP contribution is -2.17. The zero-order chi connectivity index (χ0) is 26.6. The number of alkyl halides is 3. The van der Waals surface area contributed by atoms with Crippen molar-refractivity contribution >= 4 is 40.8 Å². The molecule has 36 heavy (non-hydrogen) atoms. The Hall–Kier alpha value is -3.64. The number of carbonyl (C=O) groups excluding carboxylic acids is 1. The molecule has 1 aromatic carbocycles. The van der Waals surface area contributed by atoms with Crippen molar-refractivity contribution in [3.63, 3.8) is 0 Å². The molecule has 3 aromatic rings. The number of nitrogens with zero attached hydrogens (tertiary/aromatic N) is 5. The van der Waals surface area contributed by atoms with E-state index in [-0.39, 0.29) is 45.7 Å². The molecule has 0 radical (unpaired) electrons. The van der Waals surface area contributed by atoms with Crippen molar-refractivity contribution in [1.82, 2.24) is 25.2 Å². The summed E-state index contributed by atoms with van der Waals surface area (Å²) in [5.74, 6) is -1.74. The normalized spacial score (nSPS) is 11.4. The lowest BCUT2D eigenvalue weighted by molar-refractivity contribution is -0.136. The third-order valence-electron chi connectivity index (χ3n) is 4.90. The number of halogens is 5. The Balaban J connectivity index is 1.96. The zero-order valence-electron chi connectivity index (χ0n) is 18.3. The number of aryl methyl sites for hydroxylation is 1. The lowest BCUT2D eigenvalue weighted by atomic mass is 10.0. The molecule has 0 aliphatic carbocycles. The van der Waals surface area contributed by atoms with E-state index >= 15 is 0 Å². The first-order chi connectivity index (χ1) is 16.9. The van der Waals surface area contributed by atoms with Gasteiger partial charge in [-0.3, -0.25) is 9.59 Å². The summed E-state index contributed by atoms with van der Waals surface area (Å²) in [5, 5.41) is 30.0. The molecule has 0 fully saturated rings. The van der Waals surface area contributed by atoms with E-state index in [1.54, 1.807) is 0 Å². The maximum Gasteiger partial charge on any atom is 0.389 e. The summed E-state index contributed by atoms with van der Waals surface area (Å²) in [7, 11) is 0. The summed E-state index contributed by atoms with van der Waals surface area (Å²) >= 11 is 12.0. The molecule has 0 amide bonds. The molecule has 188 valence electrons. The minimum Gasteiger partial charge on any atom is -0.505 e. The number of hydrogen-bond acceptors (Lipinski definition) is 8. The van der Waals surface area contributed by atoms with Gasteiger partial charge in [0, 0.05) is 18.5 Å². The molecule has 0 saturated carbocycles. The minimum atomic E-state index is -4.36. The summed E-state index contributed by atoms with van der Waals surface area (Å²) in [5.41, 5.74) is -1.64. The summed E-state index contributed by atoms with van der Waals surface area (Å²) in [4.78, 5) is 29.6. The molecule has 2 N–H and O–H groups in total. The number of Topliss-reactive ketones (excluding diaryl/α,β-unsaturated/α-hetero) is 1. The van der Waals surface area contributed by atoms with Gasteiger partial charge in [-0.2, -0.15) is 13.2 Å². The first-order valence-electron chi connectivity index (χ1n) is 10.2. The van der Waals surface area contributed by atoms with Crippen molar-refractivity contribution in [2.45, 2.75) is 32.0 Å². The number of benzene rings is 1. The van der Waals surface area contributed by atoms with Gasteiger partial charge in [-0.05, 0) is 46.7 Å². The Labute approximate surface area is 211 Å². The molecule has 3 rings (SSSR count). The molecule has 0 saturated heterocycles. The van der Waals surface area contributed by atoms with Crippen molar-refractivity contribution < 1.29 is 23.1 Å². The van der Waals surface area contributed by atoms with Crippen molar-refractivity contribution in [3.8, 4) is 16.9 Å². The first kappa shape index (κ1) is 27.0. The maximum atomic E-state index is 13.1. The molecule has 0 aliphatic rings. The number of hydrogen-bond donors (Lipinski definition) is 2. The molecule has 14 heteroatoms. The lowest BCUT2D eigenvalue weighted by Gasteiger charge is -2.08. The summed E-state index contributed by atoms with van der Waals surface area (Å²) in [6, 6.07) is 5.36. The monoisotopic (exact) mass is 540 g/mol. The number of tetrazole rings is 1. The highest BCUT2D eigenvalue weighted by atomic mass is 35.5. The number of carbonyl (C=O) groups is 1. The average molecular weight is 541 g/mol. The van der Waals surface area contributed by atoms with Crippen LogP contribution in [0.1, 0.15) is 41.3 Å². The maximum absolute atomic E-state index is 13.1. The SMILES string of the molecule is C=Cc1nc(C(=O)CC(=N)c2nnnn2CCCC(F)(F)F)c(O)c(-c2ccc(Cl)c(Cl)c2)cc1=O. The molecule has 0 atom stereocenters. The van der Waals surface area contributed by atoms with Crippen molar-refractivity contribution in [2.75, 3.05) is 0 Å². The molecular weight excluding hydrogens is 524 g/mol. The smallest absolute Gasteiger partial charge is 0.389 e. The van der Waals surface area contributed by atoms with E-state index < -0.39 is 47.4 Å². The largest absolute Gasteiger partial charge is 0.505 e. The van der Waals surface area contributed by atoms with E-state index in [2.05, 4.69) is 27.1 Å². The molecule has 2 aromatic heterocycles. The number of aromatic hydroxyl groups is 1. The zero-order valence-corrected chi connectivity index (χ0v) is 19.8. The second-order valence-electron chi connectivity index (χ2n) is 7.47. The van der Waals surface area contributed by atoms with Crippen LogP contribution >= 0.6 is 23.2 Å². The molecule has 9 nitrogen and oxygen atoms in total. The van der Waals surface area contributed by atoms with Gasteiger partial charge in [0.15, 0.2) is 17.4 Å². The predicted molar refractivity (Wildman–Crippen MR) is 127 cm³/mol. The van der Waals surface area contributed by atoms with Crippen molar-refractivity contribution in [2.24, 2.45) is 0 Å². The van der Waals surface area contributed by atoms with Gasteiger partial charge in [0.1, 0.15) is 11.4 Å². The van der Waals surface area contributed by atoms with Gasteiger partial charge in [-0.25, -0.2) is 9.67 Å². The highest BCUT2D eigenvalue weighted by Gasteiger charge is 2.27. The van der Waals surface area contributed by atoms with Crippen LogP contribution in [0.25, 0.3) is 17.2 Å². The van der Waals surface area contributed by atoms with Crippen LogP contribution in [0.15, 0.2) is 35.6 Å². The van der Waals surface area contributed by atoms with E-state index in [4.69, 9.17) is 28.6 Å². The summed E-state index contributed by atoms with van der Waals surface area (Å²) in [6.45, 7) is 3.26. The molecular formula is C22H17Cl2F3N6O3. The van der Waals surface area contributed by atoms with Crippen LogP contribution in [0.5, 0.6) is 5.75 Å². The van der Waals surface area contributed by atoms with Gasteiger partial charge in [0.05, 0.1) is 22.2 Å². The number of ketones is 1. The van der Waals surface area contributed by atoms with Gasteiger partial charge in [-0.15, -0.1) is 5.10 Å². The average Bonchev–Trinajstić information content (AvgIpc) is 3.22. The van der Waals surface area contributed by atoms with Crippen LogP contribution in [0.4, 0.5) is 13.2 Å². The van der Waals surface area contributed by atoms with Crippen LogP contribution < -0.4 is 5.43 Å². The third kappa shape index (κ3) is 6.32. The molecule has 0 spiro atoms. The number of aromatic nitrogens is 5. The highest BCUT2D eigenvalue weighted by Crippen LogP contribution is 2.34. The van der Waals surface area contributed by atoms with Crippen LogP contribution in [0.3, 0.4) is 0 Å². The van der Waals surface area contributed by atoms with Gasteiger partial charge >= 0.3 is 6.18 Å². The van der Waals surface area contributed by atoms with Gasteiger partial charge in [-0.1, -0.05) is 35.8 Å². The topological polar surface area (TPSA) is 135 Å². The fourth-order valence-electron chi connectivity index (χ4n) is 3.18. The van der Waals surface area contributed by atoms with Crippen LogP contribution in [0, 0.1) is 5.41 Å². The van der Waals surface area contributed by atoms with Crippen LogP contribution in [0.2, 0.25) is 10.0 Å². The second kappa shape index (κ2) is 11.0. The fourth-order valence-corrected chi connectivity index (χ4v) is 3.48. The Morgan fingerprint density at radius 1 is 1.22 bits per heavy atom. The van der Waals surface area contributed by atoms with E-state index in [9.17, 15) is 27.9 Å². The van der Waals surface area contributed by atoms with Crippen molar-refractivity contribution in [1.29, 1.82) is 5.41 Å². The first-order valence-corrected chi connectivity index (χ1v) is 11.0. The standard InChI is InChI=1S/C22H17Cl2F3N6O3/c1-2-16-17(34)9-12(11-4-5-13(23)14(24)8-11)20(36)19(29-16)18(35)10-15(28)21-30-31-32-33(21)7-3-6-22(25,26)27/h2,4-5,8-9,28,36H,1,3,6-7,10H2. The van der Waals surface area contributed by atoms with Gasteiger partial charge in [0.25, 0.3) is 0 Å². The predicted octanol–water partition coefficient (Wildman–Crippen LogP) is 4.73. The Morgan fingerprint density at radius 3 is 2.58 bits per heavy atom. The van der Waals surface area contributed by atoms with Crippen LogP contribution in [-0.4, -0.2) is 48.0 Å². The number of nitrogens with one attached hydrogen (secondary N) is 1. The molecule has 0 aliphatic heterocycles. The van der Waals surface area contributed by atoms with E-state index in [1.165, 1.54) is 18.2 Å². The Bertz CT molecular complexity index is 1410. The minimum absolute atomic E-state index is 0.0639. The third-order valence-corrected chi connectivity index (χ3v) is 5.64. The van der Waals surface area contributed by atoms with Gasteiger partial charge < -0.3 is 10.5 Å². The quantitative estimate of drug-likeness (QED) is 0.295. The van der Waals surface area contributed by atoms with Gasteiger partial charge in [0.2, 0.25) is 5.43 Å². The van der Waals surface area contributed by atoms with Crippen LogP contribution in [-0.2, 0) is 6.54 Å². The summed E-state index contributed by atoms with van der Waals surface area (Å²) in [6.07, 6.45) is -5.34.